The molecule has 0 aliphatic heterocycles. The van der Waals surface area contributed by atoms with Gasteiger partial charge in [-0.25, -0.2) is 0 Å². The Morgan fingerprint density at radius 3 is 1.45 bits per heavy atom. The maximum atomic E-state index is 2.46. The molecule has 0 aliphatic carbocycles. The number of unbranched alkanes of at least 4 members (excludes halogenated alkanes) is 3. The van der Waals surface area contributed by atoms with Crippen molar-refractivity contribution >= 4 is 0 Å². The monoisotopic (exact) mass is 282 g/mol. The lowest BCUT2D eigenvalue weighted by Gasteiger charge is -2.13. The SMILES string of the molecule is CCCC(C)CCCCCCC(C)CCCC(C)CC. The number of hydrogen-bond acceptors (Lipinski definition) is 0. The van der Waals surface area contributed by atoms with Gasteiger partial charge in [-0.2, -0.15) is 0 Å². The summed E-state index contributed by atoms with van der Waals surface area (Å²) in [5.74, 6) is 2.85. The summed E-state index contributed by atoms with van der Waals surface area (Å²) < 4.78 is 0. The molecule has 0 amide bonds. The Morgan fingerprint density at radius 1 is 0.500 bits per heavy atom. The predicted molar refractivity (Wildman–Crippen MR) is 94.2 cm³/mol. The molecule has 3 atom stereocenters. The first kappa shape index (κ1) is 20.0. The highest BCUT2D eigenvalue weighted by Crippen LogP contribution is 2.20. The first-order chi connectivity index (χ1) is 9.60. The Labute approximate surface area is 130 Å². The fourth-order valence-corrected chi connectivity index (χ4v) is 3.14. The van der Waals surface area contributed by atoms with E-state index in [1.165, 1.54) is 77.0 Å². The fourth-order valence-electron chi connectivity index (χ4n) is 3.14. The van der Waals surface area contributed by atoms with Gasteiger partial charge in [0, 0.05) is 0 Å². The summed E-state index contributed by atoms with van der Waals surface area (Å²) in [6, 6.07) is 0. The third-order valence-corrected chi connectivity index (χ3v) is 5.02. The minimum atomic E-state index is 0.937. The van der Waals surface area contributed by atoms with Crippen molar-refractivity contribution in [1.82, 2.24) is 0 Å². The molecule has 0 fully saturated rings. The van der Waals surface area contributed by atoms with Gasteiger partial charge in [-0.05, 0) is 17.8 Å². The van der Waals surface area contributed by atoms with E-state index in [-0.39, 0.29) is 0 Å². The van der Waals surface area contributed by atoms with E-state index >= 15 is 0 Å². The Bertz CT molecular complexity index is 184. The van der Waals surface area contributed by atoms with Crippen LogP contribution in [-0.4, -0.2) is 0 Å². The van der Waals surface area contributed by atoms with Crippen LogP contribution in [0.25, 0.3) is 0 Å². The first-order valence-electron chi connectivity index (χ1n) is 9.60. The van der Waals surface area contributed by atoms with Crippen molar-refractivity contribution in [1.29, 1.82) is 0 Å². The zero-order chi connectivity index (χ0) is 15.2. The van der Waals surface area contributed by atoms with Gasteiger partial charge < -0.3 is 0 Å². The van der Waals surface area contributed by atoms with Gasteiger partial charge in [-0.15, -0.1) is 0 Å². The molecule has 0 spiro atoms. The van der Waals surface area contributed by atoms with Crippen LogP contribution in [0.4, 0.5) is 0 Å². The highest BCUT2D eigenvalue weighted by atomic mass is 14.1. The standard InChI is InChI=1S/C20H42/c1-6-13-19(4)14-10-8-9-11-15-20(5)17-12-16-18(3)7-2/h18-20H,6-17H2,1-5H3. The van der Waals surface area contributed by atoms with Gasteiger partial charge in [-0.3, -0.25) is 0 Å². The molecular formula is C20H42. The van der Waals surface area contributed by atoms with E-state index in [1.807, 2.05) is 0 Å². The normalized spacial score (nSPS) is 16.1. The minimum absolute atomic E-state index is 0.937. The summed E-state index contributed by atoms with van der Waals surface area (Å²) in [5, 5.41) is 0. The molecule has 0 saturated carbocycles. The molecular weight excluding hydrogens is 240 g/mol. The Balaban J connectivity index is 3.29. The highest BCUT2D eigenvalue weighted by Gasteiger charge is 2.05. The molecule has 0 radical (unpaired) electrons. The summed E-state index contributed by atoms with van der Waals surface area (Å²) in [4.78, 5) is 0. The maximum absolute atomic E-state index is 2.46. The molecule has 3 unspecified atom stereocenters. The van der Waals surface area contributed by atoms with Crippen molar-refractivity contribution < 1.29 is 0 Å². The molecule has 0 aromatic heterocycles. The lowest BCUT2D eigenvalue weighted by molar-refractivity contribution is 0.400. The van der Waals surface area contributed by atoms with Gasteiger partial charge in [0.25, 0.3) is 0 Å². The van der Waals surface area contributed by atoms with Crippen LogP contribution in [0, 0.1) is 17.8 Å². The van der Waals surface area contributed by atoms with Crippen molar-refractivity contribution in [3.05, 3.63) is 0 Å². The Morgan fingerprint density at radius 2 is 0.950 bits per heavy atom. The summed E-state index contributed by atoms with van der Waals surface area (Å²) in [5.41, 5.74) is 0. The lowest BCUT2D eigenvalue weighted by atomic mass is 9.93. The molecule has 20 heavy (non-hydrogen) atoms. The zero-order valence-electron chi connectivity index (χ0n) is 15.2. The first-order valence-corrected chi connectivity index (χ1v) is 9.60. The van der Waals surface area contributed by atoms with Gasteiger partial charge in [0.2, 0.25) is 0 Å². The van der Waals surface area contributed by atoms with Crippen molar-refractivity contribution in [2.75, 3.05) is 0 Å². The van der Waals surface area contributed by atoms with Gasteiger partial charge in [0.15, 0.2) is 0 Å². The van der Waals surface area contributed by atoms with E-state index < -0.39 is 0 Å². The summed E-state index contributed by atoms with van der Waals surface area (Å²) in [6.45, 7) is 11.9. The van der Waals surface area contributed by atoms with Crippen LogP contribution in [0.15, 0.2) is 0 Å². The number of hydrogen-bond donors (Lipinski definition) is 0. The van der Waals surface area contributed by atoms with Crippen LogP contribution in [0.3, 0.4) is 0 Å². The van der Waals surface area contributed by atoms with Crippen molar-refractivity contribution in [3.63, 3.8) is 0 Å². The molecule has 0 aliphatic rings. The van der Waals surface area contributed by atoms with Crippen LogP contribution in [-0.2, 0) is 0 Å². The van der Waals surface area contributed by atoms with Crippen LogP contribution < -0.4 is 0 Å². The van der Waals surface area contributed by atoms with Crippen LogP contribution >= 0.6 is 0 Å². The molecule has 0 aromatic rings. The number of rotatable bonds is 14. The Kier molecular flexibility index (Phi) is 14.0. The van der Waals surface area contributed by atoms with E-state index in [1.54, 1.807) is 0 Å². The summed E-state index contributed by atoms with van der Waals surface area (Å²) in [6.07, 6.45) is 17.3. The molecule has 0 heterocycles. The third-order valence-electron chi connectivity index (χ3n) is 5.02. The minimum Gasteiger partial charge on any atom is -0.0654 e. The van der Waals surface area contributed by atoms with Gasteiger partial charge >= 0.3 is 0 Å². The van der Waals surface area contributed by atoms with E-state index in [0.717, 1.165) is 17.8 Å². The summed E-state index contributed by atoms with van der Waals surface area (Å²) in [7, 11) is 0. The van der Waals surface area contributed by atoms with Crippen molar-refractivity contribution in [3.8, 4) is 0 Å². The third kappa shape index (κ3) is 13.0. The molecule has 0 rings (SSSR count). The second kappa shape index (κ2) is 14.0. The predicted octanol–water partition coefficient (Wildman–Crippen LogP) is 7.62. The smallest absolute Gasteiger partial charge is 0.0443 e. The van der Waals surface area contributed by atoms with Crippen molar-refractivity contribution in [2.24, 2.45) is 17.8 Å². The zero-order valence-corrected chi connectivity index (χ0v) is 15.2. The Hall–Kier alpha value is 0. The van der Waals surface area contributed by atoms with Gasteiger partial charge in [0.05, 0.1) is 0 Å². The average Bonchev–Trinajstić information content (AvgIpc) is 2.42. The maximum Gasteiger partial charge on any atom is -0.0443 e. The lowest BCUT2D eigenvalue weighted by Crippen LogP contribution is -1.98. The van der Waals surface area contributed by atoms with E-state index in [9.17, 15) is 0 Å². The van der Waals surface area contributed by atoms with E-state index in [4.69, 9.17) is 0 Å². The van der Waals surface area contributed by atoms with Crippen LogP contribution in [0.2, 0.25) is 0 Å². The molecule has 0 nitrogen and oxygen atoms in total. The topological polar surface area (TPSA) is 0 Å². The molecule has 0 heteroatoms. The van der Waals surface area contributed by atoms with E-state index in [0.29, 0.717) is 0 Å². The molecule has 0 N–H and O–H groups in total. The fraction of sp³-hybridized carbons (Fsp3) is 1.00. The largest absolute Gasteiger partial charge is 0.0654 e. The van der Waals surface area contributed by atoms with Crippen LogP contribution in [0.1, 0.15) is 112 Å². The highest BCUT2D eigenvalue weighted by molar-refractivity contribution is 4.58. The average molecular weight is 283 g/mol. The van der Waals surface area contributed by atoms with Crippen molar-refractivity contribution in [2.45, 2.75) is 112 Å². The van der Waals surface area contributed by atoms with Gasteiger partial charge in [-0.1, -0.05) is 112 Å². The quantitative estimate of drug-likeness (QED) is 0.287. The van der Waals surface area contributed by atoms with Gasteiger partial charge in [0.1, 0.15) is 0 Å². The molecule has 0 saturated heterocycles. The molecule has 122 valence electrons. The van der Waals surface area contributed by atoms with E-state index in [2.05, 4.69) is 34.6 Å². The summed E-state index contributed by atoms with van der Waals surface area (Å²) >= 11 is 0. The second-order valence-corrected chi connectivity index (χ2v) is 7.43. The van der Waals surface area contributed by atoms with Crippen LogP contribution in [0.5, 0.6) is 0 Å². The second-order valence-electron chi connectivity index (χ2n) is 7.43. The molecule has 0 bridgehead atoms. The molecule has 0 aromatic carbocycles.